The fourth-order valence-corrected chi connectivity index (χ4v) is 5.07. The number of primary amides is 1. The molecule has 3 aromatic rings. The number of amides is 1. The predicted molar refractivity (Wildman–Crippen MR) is 126 cm³/mol. The van der Waals surface area contributed by atoms with Gasteiger partial charge in [0.2, 0.25) is 5.91 Å². The third-order valence-electron chi connectivity index (χ3n) is 6.46. The summed E-state index contributed by atoms with van der Waals surface area (Å²) in [5, 5.41) is 4.45. The van der Waals surface area contributed by atoms with Crippen LogP contribution in [0.2, 0.25) is 5.02 Å². The molecule has 0 saturated heterocycles. The van der Waals surface area contributed by atoms with Crippen LogP contribution in [0.15, 0.2) is 60.7 Å². The molecule has 0 aromatic heterocycles. The molecule has 3 N–H and O–H groups in total. The number of fused-ring (bicyclic) bond motifs is 2. The van der Waals surface area contributed by atoms with Crippen molar-refractivity contribution < 1.29 is 4.79 Å². The van der Waals surface area contributed by atoms with E-state index in [1.165, 1.54) is 11.1 Å². The molecule has 0 saturated carbocycles. The second-order valence-corrected chi connectivity index (χ2v) is 8.90. The Labute approximate surface area is 188 Å². The standard InChI is InChI=1S/C26H26ClN3O/c27-24-15-23(30-11-3-6-19-12-20(26(28)31)8-10-25(19)30)9-7-21(24)16-29-22-13-17-4-1-2-5-18(17)14-22/h1-2,4-5,7-10,12,15,22,29H,3,6,11,13-14,16H2,(H2,28,31). The first-order valence-electron chi connectivity index (χ1n) is 10.9. The highest BCUT2D eigenvalue weighted by Crippen LogP contribution is 2.36. The summed E-state index contributed by atoms with van der Waals surface area (Å²) < 4.78 is 0. The van der Waals surface area contributed by atoms with Crippen LogP contribution in [0.3, 0.4) is 0 Å². The molecular formula is C26H26ClN3O. The van der Waals surface area contributed by atoms with Crippen LogP contribution >= 0.6 is 11.6 Å². The maximum atomic E-state index is 11.5. The van der Waals surface area contributed by atoms with Crippen molar-refractivity contribution in [1.82, 2.24) is 5.32 Å². The zero-order chi connectivity index (χ0) is 21.4. The molecule has 0 unspecified atom stereocenters. The number of benzene rings is 3. The van der Waals surface area contributed by atoms with Crippen LogP contribution in [-0.4, -0.2) is 18.5 Å². The molecule has 5 heteroatoms. The molecule has 0 radical (unpaired) electrons. The van der Waals surface area contributed by atoms with Gasteiger partial charge >= 0.3 is 0 Å². The maximum absolute atomic E-state index is 11.5. The van der Waals surface area contributed by atoms with E-state index in [9.17, 15) is 4.79 Å². The van der Waals surface area contributed by atoms with E-state index in [-0.39, 0.29) is 5.91 Å². The van der Waals surface area contributed by atoms with Crippen molar-refractivity contribution in [2.45, 2.75) is 38.3 Å². The summed E-state index contributed by atoms with van der Waals surface area (Å²) in [5.74, 6) is -0.384. The Morgan fingerprint density at radius 2 is 1.81 bits per heavy atom. The molecule has 1 aliphatic carbocycles. The maximum Gasteiger partial charge on any atom is 0.248 e. The van der Waals surface area contributed by atoms with Gasteiger partial charge in [0, 0.05) is 41.1 Å². The third kappa shape index (κ3) is 4.06. The first-order valence-corrected chi connectivity index (χ1v) is 11.2. The van der Waals surface area contributed by atoms with Crippen LogP contribution < -0.4 is 16.0 Å². The highest BCUT2D eigenvalue weighted by molar-refractivity contribution is 6.31. The molecule has 4 nitrogen and oxygen atoms in total. The topological polar surface area (TPSA) is 58.4 Å². The van der Waals surface area contributed by atoms with Crippen molar-refractivity contribution >= 4 is 28.9 Å². The lowest BCUT2D eigenvalue weighted by atomic mass is 9.98. The smallest absolute Gasteiger partial charge is 0.248 e. The van der Waals surface area contributed by atoms with E-state index in [2.05, 4.69) is 52.7 Å². The molecule has 31 heavy (non-hydrogen) atoms. The van der Waals surface area contributed by atoms with Crippen molar-refractivity contribution in [3.05, 3.63) is 93.5 Å². The van der Waals surface area contributed by atoms with E-state index in [4.69, 9.17) is 17.3 Å². The lowest BCUT2D eigenvalue weighted by Gasteiger charge is -2.32. The second-order valence-electron chi connectivity index (χ2n) is 8.49. The molecule has 1 amide bonds. The van der Waals surface area contributed by atoms with Crippen LogP contribution in [0.4, 0.5) is 11.4 Å². The second kappa shape index (κ2) is 8.37. The number of anilines is 2. The van der Waals surface area contributed by atoms with E-state index in [0.717, 1.165) is 66.3 Å². The van der Waals surface area contributed by atoms with Crippen molar-refractivity contribution in [3.8, 4) is 0 Å². The summed E-state index contributed by atoms with van der Waals surface area (Å²) in [7, 11) is 0. The van der Waals surface area contributed by atoms with Crippen molar-refractivity contribution in [3.63, 3.8) is 0 Å². The zero-order valence-electron chi connectivity index (χ0n) is 17.4. The van der Waals surface area contributed by atoms with Gasteiger partial charge in [-0.2, -0.15) is 0 Å². The molecule has 0 fully saturated rings. The molecule has 158 valence electrons. The van der Waals surface area contributed by atoms with Gasteiger partial charge in [0.05, 0.1) is 0 Å². The molecule has 1 heterocycles. The van der Waals surface area contributed by atoms with Gasteiger partial charge in [-0.1, -0.05) is 41.9 Å². The van der Waals surface area contributed by atoms with Crippen LogP contribution in [0.1, 0.15) is 39.0 Å². The van der Waals surface area contributed by atoms with Gasteiger partial charge in [-0.25, -0.2) is 0 Å². The zero-order valence-corrected chi connectivity index (χ0v) is 18.2. The number of aryl methyl sites for hydroxylation is 1. The Kier molecular flexibility index (Phi) is 5.43. The first kappa shape index (κ1) is 20.1. The highest BCUT2D eigenvalue weighted by atomic mass is 35.5. The van der Waals surface area contributed by atoms with Gasteiger partial charge in [-0.05, 0) is 78.3 Å². The van der Waals surface area contributed by atoms with E-state index < -0.39 is 0 Å². The van der Waals surface area contributed by atoms with Gasteiger partial charge < -0.3 is 16.0 Å². The molecule has 1 aliphatic heterocycles. The Bertz CT molecular complexity index is 1120. The van der Waals surface area contributed by atoms with Crippen LogP contribution in [0.25, 0.3) is 0 Å². The highest BCUT2D eigenvalue weighted by Gasteiger charge is 2.22. The number of carbonyl (C=O) groups excluding carboxylic acids is 1. The van der Waals surface area contributed by atoms with Gasteiger partial charge in [0.25, 0.3) is 0 Å². The summed E-state index contributed by atoms with van der Waals surface area (Å²) in [4.78, 5) is 13.8. The monoisotopic (exact) mass is 431 g/mol. The summed E-state index contributed by atoms with van der Waals surface area (Å²) in [6, 6.07) is 21.2. The largest absolute Gasteiger partial charge is 0.366 e. The molecule has 0 spiro atoms. The lowest BCUT2D eigenvalue weighted by Crippen LogP contribution is -2.29. The Morgan fingerprint density at radius 3 is 2.52 bits per heavy atom. The van der Waals surface area contributed by atoms with E-state index in [1.807, 2.05) is 12.1 Å². The number of nitrogens with zero attached hydrogens (tertiary/aromatic N) is 1. The summed E-state index contributed by atoms with van der Waals surface area (Å²) >= 11 is 6.69. The third-order valence-corrected chi connectivity index (χ3v) is 6.82. The van der Waals surface area contributed by atoms with E-state index >= 15 is 0 Å². The normalized spacial score (nSPS) is 15.6. The van der Waals surface area contributed by atoms with E-state index in [0.29, 0.717) is 11.6 Å². The minimum atomic E-state index is -0.384. The number of hydrogen-bond donors (Lipinski definition) is 2. The minimum absolute atomic E-state index is 0.384. The van der Waals surface area contributed by atoms with Crippen LogP contribution in [0.5, 0.6) is 0 Å². The summed E-state index contributed by atoms with van der Waals surface area (Å²) in [6.45, 7) is 1.69. The van der Waals surface area contributed by atoms with Gasteiger partial charge in [-0.3, -0.25) is 4.79 Å². The average Bonchev–Trinajstić information content (AvgIpc) is 3.20. The molecule has 0 atom stereocenters. The van der Waals surface area contributed by atoms with Crippen LogP contribution in [0, 0.1) is 0 Å². The number of carbonyl (C=O) groups is 1. The Balaban J connectivity index is 1.30. The predicted octanol–water partition coefficient (Wildman–Crippen LogP) is 4.78. The van der Waals surface area contributed by atoms with Crippen molar-refractivity contribution in [2.75, 3.05) is 11.4 Å². The molecule has 2 aliphatic rings. The first-order chi connectivity index (χ1) is 15.1. The van der Waals surface area contributed by atoms with Crippen LogP contribution in [-0.2, 0) is 25.8 Å². The van der Waals surface area contributed by atoms with Crippen molar-refractivity contribution in [1.29, 1.82) is 0 Å². The Hall–Kier alpha value is -2.82. The van der Waals surface area contributed by atoms with Gasteiger partial charge in [-0.15, -0.1) is 0 Å². The van der Waals surface area contributed by atoms with E-state index in [1.54, 1.807) is 6.07 Å². The van der Waals surface area contributed by atoms with Gasteiger partial charge in [0.1, 0.15) is 0 Å². The molecule has 5 rings (SSSR count). The molecule has 3 aromatic carbocycles. The number of nitrogens with two attached hydrogens (primary N) is 1. The number of rotatable bonds is 5. The number of hydrogen-bond acceptors (Lipinski definition) is 3. The number of nitrogens with one attached hydrogen (secondary N) is 1. The van der Waals surface area contributed by atoms with Crippen molar-refractivity contribution in [2.24, 2.45) is 5.73 Å². The Morgan fingerprint density at radius 1 is 1.03 bits per heavy atom. The summed E-state index contributed by atoms with van der Waals surface area (Å²) in [6.07, 6.45) is 4.12. The average molecular weight is 432 g/mol. The molecular weight excluding hydrogens is 406 g/mol. The van der Waals surface area contributed by atoms with Gasteiger partial charge in [0.15, 0.2) is 0 Å². The fraction of sp³-hybridized carbons (Fsp3) is 0.269. The molecule has 0 bridgehead atoms. The summed E-state index contributed by atoms with van der Waals surface area (Å²) in [5.41, 5.74) is 13.4. The quantitative estimate of drug-likeness (QED) is 0.611. The number of halogens is 1. The minimum Gasteiger partial charge on any atom is -0.366 e. The lowest BCUT2D eigenvalue weighted by molar-refractivity contribution is 0.1000. The fourth-order valence-electron chi connectivity index (χ4n) is 4.82. The SMILES string of the molecule is NC(=O)c1ccc2c(c1)CCCN2c1ccc(CNC2Cc3ccccc3C2)c(Cl)c1.